The van der Waals surface area contributed by atoms with Crippen LogP contribution in [-0.4, -0.2) is 43.7 Å². The van der Waals surface area contributed by atoms with Crippen molar-refractivity contribution in [3.63, 3.8) is 0 Å². The molecule has 2 aromatic rings. The Kier molecular flexibility index (Phi) is 7.68. The number of hydrogen-bond acceptors (Lipinski definition) is 3. The number of carbonyl (C=O) groups is 1. The molecule has 0 atom stereocenters. The largest absolute Gasteiger partial charge is 0.341 e. The summed E-state index contributed by atoms with van der Waals surface area (Å²) in [4.78, 5) is 14.9. The second-order valence-corrected chi connectivity index (χ2v) is 11.1. The lowest BCUT2D eigenvalue weighted by molar-refractivity contribution is -0.135. The summed E-state index contributed by atoms with van der Waals surface area (Å²) in [5.41, 5.74) is 2.00. The fraction of sp³-hybridized carbons (Fsp3) is 0.435. The zero-order chi connectivity index (χ0) is 22.8. The van der Waals surface area contributed by atoms with Gasteiger partial charge in [0.15, 0.2) is 0 Å². The van der Waals surface area contributed by atoms with Crippen molar-refractivity contribution < 1.29 is 13.2 Å². The van der Waals surface area contributed by atoms with Crippen LogP contribution >= 0.6 is 23.2 Å². The number of carbonyl (C=O) groups excluding carboxylic acids is 1. The van der Waals surface area contributed by atoms with E-state index >= 15 is 0 Å². The first-order valence-electron chi connectivity index (χ1n) is 10.4. The Hall–Kier alpha value is -1.60. The molecule has 0 spiro atoms. The summed E-state index contributed by atoms with van der Waals surface area (Å²) in [5.74, 6) is 0.173. The van der Waals surface area contributed by atoms with Crippen LogP contribution in [0.2, 0.25) is 10.0 Å². The van der Waals surface area contributed by atoms with E-state index in [9.17, 15) is 13.2 Å². The zero-order valence-electron chi connectivity index (χ0n) is 18.0. The van der Waals surface area contributed by atoms with Gasteiger partial charge in [-0.3, -0.25) is 4.79 Å². The molecule has 1 aliphatic rings. The van der Waals surface area contributed by atoms with Gasteiger partial charge in [-0.2, -0.15) is 4.31 Å². The van der Waals surface area contributed by atoms with Crippen LogP contribution in [0, 0.1) is 5.92 Å². The van der Waals surface area contributed by atoms with Crippen molar-refractivity contribution in [3.05, 3.63) is 63.6 Å². The Morgan fingerprint density at radius 1 is 1.06 bits per heavy atom. The van der Waals surface area contributed by atoms with Gasteiger partial charge >= 0.3 is 0 Å². The molecule has 0 aromatic heterocycles. The van der Waals surface area contributed by atoms with Crippen molar-refractivity contribution in [2.75, 3.05) is 20.1 Å². The van der Waals surface area contributed by atoms with E-state index in [0.717, 1.165) is 11.1 Å². The Bertz CT molecular complexity index is 1030. The van der Waals surface area contributed by atoms with Crippen LogP contribution in [0.5, 0.6) is 0 Å². The minimum Gasteiger partial charge on any atom is -0.341 e. The van der Waals surface area contributed by atoms with E-state index in [1.165, 1.54) is 4.31 Å². The lowest BCUT2D eigenvalue weighted by Gasteiger charge is -2.32. The number of nitrogens with zero attached hydrogens (tertiary/aromatic N) is 2. The SMILES string of the molecule is CC(C)c1ccc(S(=O)(=O)N2CCC(C(=O)N(C)Cc3ccc(Cl)c(Cl)c3)CC2)cc1. The van der Waals surface area contributed by atoms with Crippen molar-refractivity contribution in [2.45, 2.75) is 44.0 Å². The topological polar surface area (TPSA) is 57.7 Å². The number of sulfonamides is 1. The average molecular weight is 483 g/mol. The predicted octanol–water partition coefficient (Wildman–Crippen LogP) is 5.18. The Morgan fingerprint density at radius 2 is 1.68 bits per heavy atom. The molecule has 0 N–H and O–H groups in total. The van der Waals surface area contributed by atoms with Crippen LogP contribution in [-0.2, 0) is 21.4 Å². The van der Waals surface area contributed by atoms with Gasteiger partial charge < -0.3 is 4.90 Å². The number of hydrogen-bond donors (Lipinski definition) is 0. The summed E-state index contributed by atoms with van der Waals surface area (Å²) in [6.07, 6.45) is 1.02. The van der Waals surface area contributed by atoms with Gasteiger partial charge in [-0.15, -0.1) is 0 Å². The molecular weight excluding hydrogens is 455 g/mol. The highest BCUT2D eigenvalue weighted by Crippen LogP contribution is 2.27. The smallest absolute Gasteiger partial charge is 0.243 e. The minimum atomic E-state index is -3.55. The van der Waals surface area contributed by atoms with Crippen LogP contribution in [0.25, 0.3) is 0 Å². The van der Waals surface area contributed by atoms with Crippen LogP contribution in [0.1, 0.15) is 43.7 Å². The monoisotopic (exact) mass is 482 g/mol. The third kappa shape index (κ3) is 5.61. The third-order valence-corrected chi connectivity index (χ3v) is 8.42. The lowest BCUT2D eigenvalue weighted by Crippen LogP contribution is -2.43. The Balaban J connectivity index is 1.60. The van der Waals surface area contributed by atoms with E-state index in [0.29, 0.717) is 53.3 Å². The molecule has 0 unspecified atom stereocenters. The second kappa shape index (κ2) is 9.90. The summed E-state index contributed by atoms with van der Waals surface area (Å²) in [6.45, 7) is 5.25. The molecule has 5 nitrogen and oxygen atoms in total. The fourth-order valence-corrected chi connectivity index (χ4v) is 5.61. The molecule has 31 heavy (non-hydrogen) atoms. The first-order valence-corrected chi connectivity index (χ1v) is 12.6. The maximum atomic E-state index is 13.0. The first kappa shape index (κ1) is 24.1. The number of benzene rings is 2. The lowest BCUT2D eigenvalue weighted by atomic mass is 9.96. The molecule has 1 aliphatic heterocycles. The van der Waals surface area contributed by atoms with Crippen molar-refractivity contribution in [3.8, 4) is 0 Å². The van der Waals surface area contributed by atoms with Crippen LogP contribution in [0.3, 0.4) is 0 Å². The normalized spacial score (nSPS) is 15.9. The first-order chi connectivity index (χ1) is 14.6. The van der Waals surface area contributed by atoms with E-state index in [4.69, 9.17) is 23.2 Å². The van der Waals surface area contributed by atoms with E-state index in [-0.39, 0.29) is 11.8 Å². The van der Waals surface area contributed by atoms with Crippen molar-refractivity contribution in [2.24, 2.45) is 5.92 Å². The van der Waals surface area contributed by atoms with Gasteiger partial charge in [0, 0.05) is 32.6 Å². The molecule has 0 aliphatic carbocycles. The van der Waals surface area contributed by atoms with Crippen LogP contribution in [0.15, 0.2) is 47.4 Å². The molecule has 0 bridgehead atoms. The molecule has 8 heteroatoms. The molecule has 2 aromatic carbocycles. The van der Waals surface area contributed by atoms with Crippen LogP contribution in [0.4, 0.5) is 0 Å². The van der Waals surface area contributed by atoms with Gasteiger partial charge in [0.25, 0.3) is 0 Å². The maximum absolute atomic E-state index is 13.0. The third-order valence-electron chi connectivity index (χ3n) is 5.77. The molecule has 1 heterocycles. The summed E-state index contributed by atoms with van der Waals surface area (Å²) in [5, 5.41) is 0.937. The molecule has 3 rings (SSSR count). The van der Waals surface area contributed by atoms with E-state index in [1.54, 1.807) is 36.2 Å². The maximum Gasteiger partial charge on any atom is 0.243 e. The zero-order valence-corrected chi connectivity index (χ0v) is 20.3. The number of halogens is 2. The quantitative estimate of drug-likeness (QED) is 0.569. The number of amides is 1. The van der Waals surface area contributed by atoms with E-state index < -0.39 is 10.0 Å². The van der Waals surface area contributed by atoms with Gasteiger partial charge in [0.2, 0.25) is 15.9 Å². The van der Waals surface area contributed by atoms with Gasteiger partial charge in [0.05, 0.1) is 14.9 Å². The molecule has 168 valence electrons. The molecule has 1 fully saturated rings. The summed E-state index contributed by atoms with van der Waals surface area (Å²) in [7, 11) is -1.80. The highest BCUT2D eigenvalue weighted by atomic mass is 35.5. The molecule has 1 saturated heterocycles. The van der Waals surface area contributed by atoms with Crippen molar-refractivity contribution >= 4 is 39.1 Å². The van der Waals surface area contributed by atoms with Gasteiger partial charge in [-0.1, -0.05) is 55.2 Å². The fourth-order valence-electron chi connectivity index (χ4n) is 3.82. The number of piperidine rings is 1. The minimum absolute atomic E-state index is 0.0180. The second-order valence-electron chi connectivity index (χ2n) is 8.34. The highest BCUT2D eigenvalue weighted by Gasteiger charge is 2.33. The molecule has 0 saturated carbocycles. The molecule has 0 radical (unpaired) electrons. The molecular formula is C23H28Cl2N2O3S. The Labute approximate surface area is 195 Å². The average Bonchev–Trinajstić information content (AvgIpc) is 2.76. The van der Waals surface area contributed by atoms with E-state index in [1.807, 2.05) is 18.2 Å². The summed E-state index contributed by atoms with van der Waals surface area (Å²) >= 11 is 12.0. The van der Waals surface area contributed by atoms with Crippen molar-refractivity contribution in [1.29, 1.82) is 0 Å². The highest BCUT2D eigenvalue weighted by molar-refractivity contribution is 7.89. The Morgan fingerprint density at radius 3 is 2.23 bits per heavy atom. The summed E-state index contributed by atoms with van der Waals surface area (Å²) < 4.78 is 27.5. The van der Waals surface area contributed by atoms with E-state index in [2.05, 4.69) is 13.8 Å². The predicted molar refractivity (Wildman–Crippen MR) is 125 cm³/mol. The van der Waals surface area contributed by atoms with Crippen molar-refractivity contribution in [1.82, 2.24) is 9.21 Å². The standard InChI is InChI=1S/C23H28Cl2N2O3S/c1-16(2)18-5-7-20(8-6-18)31(29,30)27-12-10-19(11-13-27)23(28)26(3)15-17-4-9-21(24)22(25)14-17/h4-9,14,16,19H,10-13,15H2,1-3H3. The number of rotatable bonds is 6. The van der Waals surface area contributed by atoms with Crippen LogP contribution < -0.4 is 0 Å². The van der Waals surface area contributed by atoms with Gasteiger partial charge in [-0.05, 0) is 54.2 Å². The van der Waals surface area contributed by atoms with Gasteiger partial charge in [-0.25, -0.2) is 8.42 Å². The summed E-state index contributed by atoms with van der Waals surface area (Å²) in [6, 6.07) is 12.4. The van der Waals surface area contributed by atoms with Gasteiger partial charge in [0.1, 0.15) is 0 Å². The molecule has 1 amide bonds.